The second kappa shape index (κ2) is 14.5. The molecule has 0 aliphatic heterocycles. The maximum Gasteiger partial charge on any atom is 0.165 e. The molecule has 0 N–H and O–H groups in total. The van der Waals surface area contributed by atoms with E-state index in [0.29, 0.717) is 17.5 Å². The van der Waals surface area contributed by atoms with Crippen LogP contribution in [-0.2, 0) is 0 Å². The summed E-state index contributed by atoms with van der Waals surface area (Å²) in [6.07, 6.45) is 0. The van der Waals surface area contributed by atoms with Crippen LogP contribution in [0.3, 0.4) is 0 Å². The zero-order valence-corrected chi connectivity index (χ0v) is 33.8. The van der Waals surface area contributed by atoms with Crippen LogP contribution >= 0.6 is 11.3 Å². The first-order chi connectivity index (χ1) is 30.3. The van der Waals surface area contributed by atoms with Crippen LogP contribution in [-0.4, -0.2) is 15.0 Å². The Balaban J connectivity index is 1.11. The Morgan fingerprint density at radius 2 is 0.721 bits per heavy atom. The highest BCUT2D eigenvalue weighted by atomic mass is 32.1. The Labute approximate surface area is 356 Å². The smallest absolute Gasteiger partial charge is 0.165 e. The summed E-state index contributed by atoms with van der Waals surface area (Å²) in [6.45, 7) is 0. The van der Waals surface area contributed by atoms with E-state index in [1.807, 2.05) is 6.07 Å². The Bertz CT molecular complexity index is 3590. The molecular weight excluding hydrogens is 759 g/mol. The Morgan fingerprint density at radius 1 is 0.262 bits per heavy atom. The fourth-order valence-electron chi connectivity index (χ4n) is 9.18. The molecule has 4 heteroatoms. The summed E-state index contributed by atoms with van der Waals surface area (Å²) in [4.78, 5) is 16.0. The van der Waals surface area contributed by atoms with Crippen molar-refractivity contribution in [2.45, 2.75) is 0 Å². The molecule has 0 spiro atoms. The van der Waals surface area contributed by atoms with Crippen LogP contribution in [0, 0.1) is 0 Å². The van der Waals surface area contributed by atoms with Gasteiger partial charge in [0.25, 0.3) is 0 Å². The van der Waals surface area contributed by atoms with E-state index in [1.165, 1.54) is 64.0 Å². The van der Waals surface area contributed by atoms with Crippen molar-refractivity contribution in [2.75, 3.05) is 0 Å². The van der Waals surface area contributed by atoms with Gasteiger partial charge >= 0.3 is 0 Å². The van der Waals surface area contributed by atoms with E-state index in [4.69, 9.17) is 15.0 Å². The van der Waals surface area contributed by atoms with E-state index in [2.05, 4.69) is 206 Å². The predicted octanol–water partition coefficient (Wildman–Crippen LogP) is 15.7. The molecule has 0 saturated carbocycles. The molecule has 0 aliphatic carbocycles. The maximum absolute atomic E-state index is 5.38. The van der Waals surface area contributed by atoms with Crippen molar-refractivity contribution in [1.82, 2.24) is 15.0 Å². The number of nitrogens with zero attached hydrogens (tertiary/aromatic N) is 3. The van der Waals surface area contributed by atoms with Crippen LogP contribution in [0.1, 0.15) is 0 Å². The van der Waals surface area contributed by atoms with Gasteiger partial charge in [0, 0.05) is 36.9 Å². The van der Waals surface area contributed by atoms with E-state index in [-0.39, 0.29) is 0 Å². The molecule has 3 nitrogen and oxygen atoms in total. The van der Waals surface area contributed by atoms with Crippen LogP contribution in [0.2, 0.25) is 0 Å². The molecule has 12 rings (SSSR count). The molecule has 0 aliphatic rings. The minimum Gasteiger partial charge on any atom is -0.208 e. The molecule has 0 bridgehead atoms. The molecule has 2 aromatic heterocycles. The lowest BCUT2D eigenvalue weighted by molar-refractivity contribution is 1.08. The van der Waals surface area contributed by atoms with Crippen molar-refractivity contribution in [1.29, 1.82) is 0 Å². The molecule has 0 unspecified atom stereocenters. The Kier molecular flexibility index (Phi) is 8.36. The molecule has 0 amide bonds. The molecule has 10 aromatic carbocycles. The van der Waals surface area contributed by atoms with Gasteiger partial charge in [-0.1, -0.05) is 188 Å². The summed E-state index contributed by atoms with van der Waals surface area (Å²) in [5, 5.41) is 9.58. The van der Waals surface area contributed by atoms with Gasteiger partial charge in [0.1, 0.15) is 0 Å². The number of benzene rings is 10. The largest absolute Gasteiger partial charge is 0.208 e. The molecule has 61 heavy (non-hydrogen) atoms. The monoisotopic (exact) mass is 793 g/mol. The van der Waals surface area contributed by atoms with E-state index < -0.39 is 0 Å². The summed E-state index contributed by atoms with van der Waals surface area (Å²) in [7, 11) is 0. The SMILES string of the molecule is c1ccc(-c2cccc(-c3nc(-c4ccc(-c5c6ccccc6c(-c6ccccc6)c6ccccc56)c5ccccc45)nc(-c4cccc5c4sc4ccccc45)n3)c2)cc1. The van der Waals surface area contributed by atoms with Crippen LogP contribution < -0.4 is 0 Å². The summed E-state index contributed by atoms with van der Waals surface area (Å²) in [5.74, 6) is 1.93. The van der Waals surface area contributed by atoms with Crippen molar-refractivity contribution in [3.63, 3.8) is 0 Å². The normalized spacial score (nSPS) is 11.6. The predicted molar refractivity (Wildman–Crippen MR) is 258 cm³/mol. The number of hydrogen-bond donors (Lipinski definition) is 0. The average molecular weight is 794 g/mol. The fourth-order valence-corrected chi connectivity index (χ4v) is 10.4. The minimum atomic E-state index is 0.637. The highest BCUT2D eigenvalue weighted by Crippen LogP contribution is 2.47. The van der Waals surface area contributed by atoms with Gasteiger partial charge in [-0.25, -0.2) is 15.0 Å². The molecule has 0 atom stereocenters. The molecule has 2 heterocycles. The Morgan fingerprint density at radius 3 is 1.41 bits per heavy atom. The minimum absolute atomic E-state index is 0.637. The number of aromatic nitrogens is 3. The van der Waals surface area contributed by atoms with Gasteiger partial charge in [0.05, 0.1) is 0 Å². The van der Waals surface area contributed by atoms with Gasteiger partial charge in [-0.3, -0.25) is 0 Å². The first-order valence-electron chi connectivity index (χ1n) is 20.6. The van der Waals surface area contributed by atoms with Gasteiger partial charge in [0.2, 0.25) is 0 Å². The van der Waals surface area contributed by atoms with Gasteiger partial charge < -0.3 is 0 Å². The van der Waals surface area contributed by atoms with Crippen molar-refractivity contribution >= 4 is 63.8 Å². The highest BCUT2D eigenvalue weighted by molar-refractivity contribution is 7.26. The standard InChI is InChI=1S/C57H35N3S/c1-3-17-36(18-4-1)38-21-15-22-39(35-38)55-58-56(60-57(59-55)50-31-16-30-48-42-25-13-14-32-51(42)61-54(48)50)49-34-33-47(40-23-7-8-24-41(40)49)53-45-28-11-9-26-43(45)52(37-19-5-2-6-20-37)44-27-10-12-29-46(44)53/h1-35H. The summed E-state index contributed by atoms with van der Waals surface area (Å²) >= 11 is 1.79. The summed E-state index contributed by atoms with van der Waals surface area (Å²) < 4.78 is 2.41. The third-order valence-corrected chi connectivity index (χ3v) is 13.2. The van der Waals surface area contributed by atoms with E-state index in [9.17, 15) is 0 Å². The van der Waals surface area contributed by atoms with Crippen LogP contribution in [0.25, 0.3) is 120 Å². The van der Waals surface area contributed by atoms with E-state index >= 15 is 0 Å². The lowest BCUT2D eigenvalue weighted by Gasteiger charge is -2.19. The maximum atomic E-state index is 5.38. The van der Waals surface area contributed by atoms with Crippen LogP contribution in [0.4, 0.5) is 0 Å². The second-order valence-electron chi connectivity index (χ2n) is 15.4. The number of thiophene rings is 1. The topological polar surface area (TPSA) is 38.7 Å². The lowest BCUT2D eigenvalue weighted by Crippen LogP contribution is -2.01. The number of rotatable bonds is 6. The van der Waals surface area contributed by atoms with Crippen molar-refractivity contribution in [3.8, 4) is 67.5 Å². The van der Waals surface area contributed by atoms with Crippen molar-refractivity contribution in [3.05, 3.63) is 212 Å². The molecular formula is C57H35N3S. The Hall–Kier alpha value is -7.79. The van der Waals surface area contributed by atoms with E-state index in [0.717, 1.165) is 38.6 Å². The van der Waals surface area contributed by atoms with Gasteiger partial charge in [-0.2, -0.15) is 0 Å². The van der Waals surface area contributed by atoms with Crippen LogP contribution in [0.5, 0.6) is 0 Å². The van der Waals surface area contributed by atoms with Gasteiger partial charge in [-0.15, -0.1) is 11.3 Å². The summed E-state index contributed by atoms with van der Waals surface area (Å²) in [5.41, 5.74) is 10.0. The third kappa shape index (κ3) is 5.91. The molecule has 284 valence electrons. The quantitative estimate of drug-likeness (QED) is 0.157. The van der Waals surface area contributed by atoms with Gasteiger partial charge in [-0.05, 0) is 90.0 Å². The van der Waals surface area contributed by atoms with E-state index in [1.54, 1.807) is 11.3 Å². The summed E-state index contributed by atoms with van der Waals surface area (Å²) in [6, 6.07) is 75.8. The number of fused-ring (bicyclic) bond motifs is 6. The fraction of sp³-hybridized carbons (Fsp3) is 0. The zero-order valence-electron chi connectivity index (χ0n) is 33.0. The second-order valence-corrected chi connectivity index (χ2v) is 16.5. The average Bonchev–Trinajstić information content (AvgIpc) is 3.72. The zero-order chi connectivity index (χ0) is 40.3. The molecule has 12 aromatic rings. The number of hydrogen-bond acceptors (Lipinski definition) is 4. The first-order valence-corrected chi connectivity index (χ1v) is 21.4. The third-order valence-electron chi connectivity index (χ3n) is 11.9. The van der Waals surface area contributed by atoms with Crippen LogP contribution in [0.15, 0.2) is 212 Å². The highest BCUT2D eigenvalue weighted by Gasteiger charge is 2.21. The first kappa shape index (κ1) is 35.2. The molecule has 0 radical (unpaired) electrons. The van der Waals surface area contributed by atoms with Crippen molar-refractivity contribution < 1.29 is 0 Å². The molecule has 0 saturated heterocycles. The lowest BCUT2D eigenvalue weighted by atomic mass is 9.84. The van der Waals surface area contributed by atoms with Gasteiger partial charge in [0.15, 0.2) is 17.5 Å². The molecule has 0 fully saturated rings. The van der Waals surface area contributed by atoms with Crippen molar-refractivity contribution in [2.24, 2.45) is 0 Å².